The third kappa shape index (κ3) is 1.92. The van der Waals surface area contributed by atoms with Gasteiger partial charge in [0.05, 0.1) is 5.54 Å². The molecule has 1 aliphatic rings. The van der Waals surface area contributed by atoms with E-state index in [-0.39, 0.29) is 5.54 Å². The van der Waals surface area contributed by atoms with Gasteiger partial charge in [-0.3, -0.25) is 4.98 Å². The van der Waals surface area contributed by atoms with Crippen LogP contribution >= 0.6 is 0 Å². The lowest BCUT2D eigenvalue weighted by Crippen LogP contribution is -2.57. The molecule has 18 heavy (non-hydrogen) atoms. The zero-order valence-electron chi connectivity index (χ0n) is 10.3. The van der Waals surface area contributed by atoms with Crippen molar-refractivity contribution < 1.29 is 0 Å². The Balaban J connectivity index is 2.10. The molecule has 92 valence electrons. The monoisotopic (exact) mass is 239 g/mol. The van der Waals surface area contributed by atoms with E-state index in [1.807, 2.05) is 18.5 Å². The summed E-state index contributed by atoms with van der Waals surface area (Å²) in [6, 6.07) is 14.7. The summed E-state index contributed by atoms with van der Waals surface area (Å²) in [6.45, 7) is 2.86. The first-order valence-electron chi connectivity index (χ1n) is 6.34. The number of nitrogens with zero attached hydrogens (tertiary/aromatic N) is 1. The molecule has 0 bridgehead atoms. The van der Waals surface area contributed by atoms with E-state index < -0.39 is 0 Å². The summed E-state index contributed by atoms with van der Waals surface area (Å²) in [5.41, 5.74) is 2.34. The predicted molar refractivity (Wildman–Crippen MR) is 72.3 cm³/mol. The van der Waals surface area contributed by atoms with E-state index in [1.54, 1.807) is 0 Å². The van der Waals surface area contributed by atoms with Crippen molar-refractivity contribution in [2.24, 2.45) is 0 Å². The van der Waals surface area contributed by atoms with Gasteiger partial charge in [0, 0.05) is 32.0 Å². The van der Waals surface area contributed by atoms with Crippen LogP contribution in [0.15, 0.2) is 54.9 Å². The standard InChI is InChI=1S/C15H17N3/c1-2-5-13(6-3-1)15(12-17-9-10-18-15)14-7-4-8-16-11-14/h1-8,11,17-18H,9-10,12H2/t15-/m0/s1. The maximum Gasteiger partial charge on any atom is 0.0832 e. The molecule has 3 heteroatoms. The highest BCUT2D eigenvalue weighted by molar-refractivity contribution is 5.38. The van der Waals surface area contributed by atoms with Crippen molar-refractivity contribution in [3.63, 3.8) is 0 Å². The summed E-state index contributed by atoms with van der Waals surface area (Å²) in [6.07, 6.45) is 3.77. The van der Waals surface area contributed by atoms with E-state index >= 15 is 0 Å². The number of benzene rings is 1. The fourth-order valence-electron chi connectivity index (χ4n) is 2.62. The lowest BCUT2D eigenvalue weighted by atomic mass is 9.82. The van der Waals surface area contributed by atoms with Crippen LogP contribution in [0.1, 0.15) is 11.1 Å². The molecule has 2 N–H and O–H groups in total. The molecule has 3 nitrogen and oxygen atoms in total. The Morgan fingerprint density at radius 3 is 2.44 bits per heavy atom. The summed E-state index contributed by atoms with van der Waals surface area (Å²) in [4.78, 5) is 4.26. The van der Waals surface area contributed by atoms with Crippen LogP contribution < -0.4 is 10.6 Å². The zero-order valence-corrected chi connectivity index (χ0v) is 10.3. The van der Waals surface area contributed by atoms with Crippen molar-refractivity contribution in [2.75, 3.05) is 19.6 Å². The highest BCUT2D eigenvalue weighted by atomic mass is 15.1. The Labute approximate surface area is 107 Å². The number of rotatable bonds is 2. The van der Waals surface area contributed by atoms with Gasteiger partial charge in [0.2, 0.25) is 0 Å². The topological polar surface area (TPSA) is 37.0 Å². The van der Waals surface area contributed by atoms with Gasteiger partial charge < -0.3 is 10.6 Å². The van der Waals surface area contributed by atoms with Crippen molar-refractivity contribution in [1.29, 1.82) is 0 Å². The number of aromatic nitrogens is 1. The van der Waals surface area contributed by atoms with E-state index in [1.165, 1.54) is 11.1 Å². The largest absolute Gasteiger partial charge is 0.313 e. The van der Waals surface area contributed by atoms with E-state index in [0.29, 0.717) is 0 Å². The second kappa shape index (κ2) is 4.88. The number of hydrogen-bond donors (Lipinski definition) is 2. The summed E-state index contributed by atoms with van der Waals surface area (Å²) in [5, 5.41) is 7.15. The minimum Gasteiger partial charge on any atom is -0.313 e. The molecule has 0 saturated carbocycles. The third-order valence-corrected chi connectivity index (χ3v) is 3.54. The SMILES string of the molecule is c1ccc([C@]2(c3cccnc3)CNCCN2)cc1. The first-order valence-corrected chi connectivity index (χ1v) is 6.34. The van der Waals surface area contributed by atoms with Gasteiger partial charge in [-0.05, 0) is 17.2 Å². The Morgan fingerprint density at radius 2 is 1.78 bits per heavy atom. The second-order valence-corrected chi connectivity index (χ2v) is 4.62. The van der Waals surface area contributed by atoms with E-state index in [2.05, 4.69) is 52.0 Å². The molecular weight excluding hydrogens is 222 g/mol. The maximum absolute atomic E-state index is 4.26. The van der Waals surface area contributed by atoms with Crippen molar-refractivity contribution >= 4 is 0 Å². The molecule has 0 spiro atoms. The second-order valence-electron chi connectivity index (χ2n) is 4.62. The van der Waals surface area contributed by atoms with Gasteiger partial charge in [-0.2, -0.15) is 0 Å². The molecular formula is C15H17N3. The molecule has 3 rings (SSSR count). The van der Waals surface area contributed by atoms with Gasteiger partial charge in [-0.25, -0.2) is 0 Å². The van der Waals surface area contributed by atoms with Crippen molar-refractivity contribution in [3.05, 3.63) is 66.0 Å². The average molecular weight is 239 g/mol. The lowest BCUT2D eigenvalue weighted by Gasteiger charge is -2.39. The molecule has 1 saturated heterocycles. The molecule has 1 atom stereocenters. The normalized spacial score (nSPS) is 23.8. The van der Waals surface area contributed by atoms with E-state index in [9.17, 15) is 0 Å². The summed E-state index contributed by atoms with van der Waals surface area (Å²) in [5.74, 6) is 0. The van der Waals surface area contributed by atoms with Gasteiger partial charge in [-0.15, -0.1) is 0 Å². The van der Waals surface area contributed by atoms with Crippen molar-refractivity contribution in [3.8, 4) is 0 Å². The molecule has 2 heterocycles. The Morgan fingerprint density at radius 1 is 0.944 bits per heavy atom. The minimum atomic E-state index is -0.159. The molecule has 1 fully saturated rings. The predicted octanol–water partition coefficient (Wildman–Crippen LogP) is 1.52. The van der Waals surface area contributed by atoms with Crippen LogP contribution in [0, 0.1) is 0 Å². The fraction of sp³-hybridized carbons (Fsp3) is 0.267. The highest BCUT2D eigenvalue weighted by Crippen LogP contribution is 2.29. The van der Waals surface area contributed by atoms with E-state index in [4.69, 9.17) is 0 Å². The number of nitrogens with one attached hydrogen (secondary N) is 2. The summed E-state index contributed by atoms with van der Waals surface area (Å²) < 4.78 is 0. The Bertz CT molecular complexity index is 448. The lowest BCUT2D eigenvalue weighted by molar-refractivity contribution is 0.329. The van der Waals surface area contributed by atoms with Crippen LogP contribution in [-0.2, 0) is 5.54 Å². The molecule has 1 aromatic carbocycles. The van der Waals surface area contributed by atoms with Crippen LogP contribution in [0.3, 0.4) is 0 Å². The number of piperazine rings is 1. The first-order chi connectivity index (χ1) is 8.92. The van der Waals surface area contributed by atoms with E-state index in [0.717, 1.165) is 19.6 Å². The number of hydrogen-bond acceptors (Lipinski definition) is 3. The Kier molecular flexibility index (Phi) is 3.09. The van der Waals surface area contributed by atoms with Crippen molar-refractivity contribution in [1.82, 2.24) is 15.6 Å². The number of pyridine rings is 1. The van der Waals surface area contributed by atoms with Gasteiger partial charge >= 0.3 is 0 Å². The molecule has 1 aromatic heterocycles. The molecule has 0 unspecified atom stereocenters. The quantitative estimate of drug-likeness (QED) is 0.834. The van der Waals surface area contributed by atoms with Gasteiger partial charge in [-0.1, -0.05) is 36.4 Å². The molecule has 0 aliphatic carbocycles. The van der Waals surface area contributed by atoms with Crippen LogP contribution in [0.2, 0.25) is 0 Å². The molecule has 2 aromatic rings. The first kappa shape index (κ1) is 11.4. The fourth-order valence-corrected chi connectivity index (χ4v) is 2.62. The van der Waals surface area contributed by atoms with Crippen LogP contribution in [-0.4, -0.2) is 24.6 Å². The molecule has 1 aliphatic heterocycles. The zero-order chi connectivity index (χ0) is 12.3. The van der Waals surface area contributed by atoms with Crippen LogP contribution in [0.5, 0.6) is 0 Å². The van der Waals surface area contributed by atoms with Gasteiger partial charge in [0.25, 0.3) is 0 Å². The van der Waals surface area contributed by atoms with Crippen molar-refractivity contribution in [2.45, 2.75) is 5.54 Å². The third-order valence-electron chi connectivity index (χ3n) is 3.54. The average Bonchev–Trinajstić information content (AvgIpc) is 2.50. The molecule has 0 radical (unpaired) electrons. The van der Waals surface area contributed by atoms with Crippen LogP contribution in [0.25, 0.3) is 0 Å². The molecule has 0 amide bonds. The smallest absolute Gasteiger partial charge is 0.0832 e. The van der Waals surface area contributed by atoms with Gasteiger partial charge in [0.1, 0.15) is 0 Å². The van der Waals surface area contributed by atoms with Crippen LogP contribution in [0.4, 0.5) is 0 Å². The minimum absolute atomic E-state index is 0.159. The van der Waals surface area contributed by atoms with Gasteiger partial charge in [0.15, 0.2) is 0 Å². The summed E-state index contributed by atoms with van der Waals surface area (Å²) >= 11 is 0. The maximum atomic E-state index is 4.26. The summed E-state index contributed by atoms with van der Waals surface area (Å²) in [7, 11) is 0. The highest BCUT2D eigenvalue weighted by Gasteiger charge is 2.35. The Hall–Kier alpha value is -1.71.